The van der Waals surface area contributed by atoms with Crippen molar-refractivity contribution in [2.75, 3.05) is 26.2 Å². The highest BCUT2D eigenvalue weighted by atomic mass is 16.5. The lowest BCUT2D eigenvalue weighted by atomic mass is 9.86. The van der Waals surface area contributed by atoms with Gasteiger partial charge in [-0.1, -0.05) is 45.9 Å². The zero-order chi connectivity index (χ0) is 16.2. The number of benzene rings is 1. The molecule has 0 spiro atoms. The molecule has 0 saturated carbocycles. The molecule has 1 fully saturated rings. The lowest BCUT2D eigenvalue weighted by Crippen LogP contribution is -2.40. The van der Waals surface area contributed by atoms with Crippen LogP contribution in [0.2, 0.25) is 0 Å². The van der Waals surface area contributed by atoms with Gasteiger partial charge in [-0.3, -0.25) is 0 Å². The van der Waals surface area contributed by atoms with E-state index in [1.165, 1.54) is 18.4 Å². The first-order valence-electron chi connectivity index (χ1n) is 8.49. The second-order valence-electron chi connectivity index (χ2n) is 7.69. The summed E-state index contributed by atoms with van der Waals surface area (Å²) >= 11 is 0. The first kappa shape index (κ1) is 17.3. The zero-order valence-corrected chi connectivity index (χ0v) is 14.5. The highest BCUT2D eigenvalue weighted by Gasteiger charge is 2.21. The Bertz CT molecular complexity index is 459. The number of para-hydroxylation sites is 1. The van der Waals surface area contributed by atoms with Gasteiger partial charge in [0.2, 0.25) is 0 Å². The lowest BCUT2D eigenvalue weighted by Gasteiger charge is -2.31. The summed E-state index contributed by atoms with van der Waals surface area (Å²) in [4.78, 5) is 2.35. The highest BCUT2D eigenvalue weighted by molar-refractivity contribution is 5.38. The van der Waals surface area contributed by atoms with Crippen LogP contribution in [-0.4, -0.2) is 42.4 Å². The van der Waals surface area contributed by atoms with E-state index in [-0.39, 0.29) is 5.41 Å². The lowest BCUT2D eigenvalue weighted by molar-refractivity contribution is 0.0557. The second-order valence-corrected chi connectivity index (χ2v) is 7.69. The standard InChI is InChI=1S/C19H31NO2/c1-15-9-11-20(12-10-15)13-16(21)14-22-18-8-6-5-7-17(18)19(2,3)4/h5-8,15-16,21H,9-14H2,1-4H3/t16-/m0/s1. The summed E-state index contributed by atoms with van der Waals surface area (Å²) < 4.78 is 5.91. The molecule has 0 radical (unpaired) electrons. The number of rotatable bonds is 5. The van der Waals surface area contributed by atoms with Gasteiger partial charge in [-0.25, -0.2) is 0 Å². The van der Waals surface area contributed by atoms with Crippen molar-refractivity contribution in [2.45, 2.75) is 52.1 Å². The maximum atomic E-state index is 10.3. The summed E-state index contributed by atoms with van der Waals surface area (Å²) in [5, 5.41) is 10.3. The van der Waals surface area contributed by atoms with Crippen molar-refractivity contribution < 1.29 is 9.84 Å². The monoisotopic (exact) mass is 305 g/mol. The van der Waals surface area contributed by atoms with Crippen LogP contribution < -0.4 is 4.74 Å². The summed E-state index contributed by atoms with van der Waals surface area (Å²) in [6.45, 7) is 12.1. The van der Waals surface area contributed by atoms with Crippen LogP contribution in [0.25, 0.3) is 0 Å². The number of aliphatic hydroxyl groups is 1. The van der Waals surface area contributed by atoms with Gasteiger partial charge in [0, 0.05) is 6.54 Å². The molecular weight excluding hydrogens is 274 g/mol. The third-order valence-corrected chi connectivity index (χ3v) is 4.47. The van der Waals surface area contributed by atoms with Crippen molar-refractivity contribution in [3.63, 3.8) is 0 Å². The summed E-state index contributed by atoms with van der Waals surface area (Å²) in [6.07, 6.45) is 2.04. The molecule has 1 aromatic rings. The molecule has 0 bridgehead atoms. The number of aliphatic hydroxyl groups excluding tert-OH is 1. The van der Waals surface area contributed by atoms with Crippen LogP contribution in [0.4, 0.5) is 0 Å². The third-order valence-electron chi connectivity index (χ3n) is 4.47. The van der Waals surface area contributed by atoms with Gasteiger partial charge in [0.05, 0.1) is 0 Å². The van der Waals surface area contributed by atoms with Crippen LogP contribution >= 0.6 is 0 Å². The van der Waals surface area contributed by atoms with Gasteiger partial charge in [-0.2, -0.15) is 0 Å². The maximum Gasteiger partial charge on any atom is 0.123 e. The number of nitrogens with zero attached hydrogens (tertiary/aromatic N) is 1. The predicted molar refractivity (Wildman–Crippen MR) is 91.5 cm³/mol. The van der Waals surface area contributed by atoms with E-state index in [1.807, 2.05) is 18.2 Å². The Morgan fingerprint density at radius 1 is 1.23 bits per heavy atom. The molecule has 1 aliphatic heterocycles. The minimum atomic E-state index is -0.429. The van der Waals surface area contributed by atoms with Gasteiger partial charge < -0.3 is 14.7 Å². The molecule has 2 rings (SSSR count). The molecule has 1 N–H and O–H groups in total. The van der Waals surface area contributed by atoms with Crippen LogP contribution in [0, 0.1) is 5.92 Å². The highest BCUT2D eigenvalue weighted by Crippen LogP contribution is 2.31. The van der Waals surface area contributed by atoms with E-state index < -0.39 is 6.10 Å². The van der Waals surface area contributed by atoms with E-state index >= 15 is 0 Å². The molecule has 1 atom stereocenters. The van der Waals surface area contributed by atoms with Crippen LogP contribution in [0.5, 0.6) is 5.75 Å². The Kier molecular flexibility index (Phi) is 5.87. The molecule has 1 heterocycles. The van der Waals surface area contributed by atoms with Gasteiger partial charge in [-0.05, 0) is 48.9 Å². The number of hydrogen-bond acceptors (Lipinski definition) is 3. The van der Waals surface area contributed by atoms with Gasteiger partial charge in [0.25, 0.3) is 0 Å². The first-order valence-corrected chi connectivity index (χ1v) is 8.49. The van der Waals surface area contributed by atoms with Crippen molar-refractivity contribution in [1.82, 2.24) is 4.90 Å². The fraction of sp³-hybridized carbons (Fsp3) is 0.684. The van der Waals surface area contributed by atoms with Crippen molar-refractivity contribution >= 4 is 0 Å². The molecule has 3 nitrogen and oxygen atoms in total. The zero-order valence-electron chi connectivity index (χ0n) is 14.5. The van der Waals surface area contributed by atoms with Gasteiger partial charge >= 0.3 is 0 Å². The smallest absolute Gasteiger partial charge is 0.123 e. The summed E-state index contributed by atoms with van der Waals surface area (Å²) in [5.74, 6) is 1.71. The van der Waals surface area contributed by atoms with Crippen LogP contribution in [0.3, 0.4) is 0 Å². The van der Waals surface area contributed by atoms with E-state index in [4.69, 9.17) is 4.74 Å². The van der Waals surface area contributed by atoms with Crippen molar-refractivity contribution in [1.29, 1.82) is 0 Å². The molecule has 1 aromatic carbocycles. The summed E-state index contributed by atoms with van der Waals surface area (Å²) in [5.41, 5.74) is 1.24. The number of ether oxygens (including phenoxy) is 1. The van der Waals surface area contributed by atoms with Gasteiger partial charge in [0.15, 0.2) is 0 Å². The topological polar surface area (TPSA) is 32.7 Å². The first-order chi connectivity index (χ1) is 10.4. The Morgan fingerprint density at radius 3 is 2.50 bits per heavy atom. The minimum Gasteiger partial charge on any atom is -0.491 e. The van der Waals surface area contributed by atoms with E-state index in [0.29, 0.717) is 13.2 Å². The van der Waals surface area contributed by atoms with Crippen LogP contribution in [-0.2, 0) is 5.41 Å². The molecular formula is C19H31NO2. The molecule has 0 amide bonds. The van der Waals surface area contributed by atoms with Gasteiger partial charge in [-0.15, -0.1) is 0 Å². The number of hydrogen-bond donors (Lipinski definition) is 1. The molecule has 1 saturated heterocycles. The van der Waals surface area contributed by atoms with Gasteiger partial charge in [0.1, 0.15) is 18.5 Å². The van der Waals surface area contributed by atoms with Crippen molar-refractivity contribution in [2.24, 2.45) is 5.92 Å². The molecule has 0 aromatic heterocycles. The van der Waals surface area contributed by atoms with Crippen LogP contribution in [0.15, 0.2) is 24.3 Å². The predicted octanol–water partition coefficient (Wildman–Crippen LogP) is 3.46. The fourth-order valence-corrected chi connectivity index (χ4v) is 2.99. The number of β-amino-alcohol motifs (C(OH)–C–C–N with tert-alkyl or cyclic N) is 1. The van der Waals surface area contributed by atoms with E-state index in [2.05, 4.69) is 38.7 Å². The molecule has 1 aliphatic rings. The molecule has 0 unspecified atom stereocenters. The Labute approximate surface area is 135 Å². The Hall–Kier alpha value is -1.06. The second kappa shape index (κ2) is 7.47. The van der Waals surface area contributed by atoms with E-state index in [9.17, 15) is 5.11 Å². The van der Waals surface area contributed by atoms with Crippen molar-refractivity contribution in [3.05, 3.63) is 29.8 Å². The Morgan fingerprint density at radius 2 is 1.86 bits per heavy atom. The fourth-order valence-electron chi connectivity index (χ4n) is 2.99. The minimum absolute atomic E-state index is 0.0462. The number of piperidine rings is 1. The maximum absolute atomic E-state index is 10.3. The van der Waals surface area contributed by atoms with E-state index in [1.54, 1.807) is 0 Å². The molecule has 22 heavy (non-hydrogen) atoms. The summed E-state index contributed by atoms with van der Waals surface area (Å²) in [7, 11) is 0. The SMILES string of the molecule is CC1CCN(C[C@H](O)COc2ccccc2C(C)(C)C)CC1. The third kappa shape index (κ3) is 4.99. The van der Waals surface area contributed by atoms with E-state index in [0.717, 1.165) is 24.8 Å². The van der Waals surface area contributed by atoms with Crippen molar-refractivity contribution in [3.8, 4) is 5.75 Å². The quantitative estimate of drug-likeness (QED) is 0.904. The molecule has 0 aliphatic carbocycles. The largest absolute Gasteiger partial charge is 0.491 e. The summed E-state index contributed by atoms with van der Waals surface area (Å²) in [6, 6.07) is 8.13. The number of likely N-dealkylation sites (tertiary alicyclic amines) is 1. The molecule has 3 heteroatoms. The Balaban J connectivity index is 1.85. The average molecular weight is 305 g/mol. The molecule has 124 valence electrons. The van der Waals surface area contributed by atoms with Crippen LogP contribution in [0.1, 0.15) is 46.1 Å². The average Bonchev–Trinajstić information content (AvgIpc) is 2.47. The normalized spacial score (nSPS) is 19.1.